The molecule has 1 unspecified atom stereocenters. The van der Waals surface area contributed by atoms with Gasteiger partial charge >= 0.3 is 0 Å². The largest absolute Gasteiger partial charge is 0.378 e. The summed E-state index contributed by atoms with van der Waals surface area (Å²) < 4.78 is 5.50. The first-order valence-electron chi connectivity index (χ1n) is 11.6. The van der Waals surface area contributed by atoms with Gasteiger partial charge in [0, 0.05) is 62.0 Å². The molecule has 3 saturated heterocycles. The smallest absolute Gasteiger partial charge is 0.229 e. The maximum Gasteiger partial charge on any atom is 0.229 e. The highest BCUT2D eigenvalue weighted by Gasteiger charge is 2.40. The highest BCUT2D eigenvalue weighted by atomic mass is 16.5. The molecule has 0 amide bonds. The van der Waals surface area contributed by atoms with E-state index < -0.39 is 0 Å². The molecule has 0 radical (unpaired) electrons. The minimum absolute atomic E-state index is 0.374. The van der Waals surface area contributed by atoms with E-state index in [-0.39, 0.29) is 0 Å². The van der Waals surface area contributed by atoms with Crippen molar-refractivity contribution >= 4 is 23.4 Å². The van der Waals surface area contributed by atoms with Crippen molar-refractivity contribution in [2.45, 2.75) is 57.2 Å². The summed E-state index contributed by atoms with van der Waals surface area (Å²) in [5.41, 5.74) is 0.993. The number of fused-ring (bicyclic) bond motifs is 2. The van der Waals surface area contributed by atoms with Crippen molar-refractivity contribution in [2.24, 2.45) is 0 Å². The monoisotopic (exact) mass is 437 g/mol. The van der Waals surface area contributed by atoms with Gasteiger partial charge in [0.05, 0.1) is 19.3 Å². The number of rotatable bonds is 7. The van der Waals surface area contributed by atoms with Crippen LogP contribution in [-0.4, -0.2) is 76.0 Å². The topological polar surface area (TPSA) is 118 Å². The Morgan fingerprint density at radius 3 is 2.56 bits per heavy atom. The number of piperidine rings is 1. The van der Waals surface area contributed by atoms with Gasteiger partial charge < -0.3 is 20.3 Å². The maximum absolute atomic E-state index is 8.98. The molecule has 2 aromatic rings. The van der Waals surface area contributed by atoms with Gasteiger partial charge in [-0.25, -0.2) is 0 Å². The van der Waals surface area contributed by atoms with Crippen molar-refractivity contribution < 1.29 is 4.74 Å². The van der Waals surface area contributed by atoms with E-state index in [9.17, 15) is 0 Å². The van der Waals surface area contributed by atoms with Crippen LogP contribution >= 0.6 is 0 Å². The van der Waals surface area contributed by atoms with Gasteiger partial charge in [0.1, 0.15) is 11.6 Å². The van der Waals surface area contributed by atoms with Gasteiger partial charge in [-0.15, -0.1) is 0 Å². The van der Waals surface area contributed by atoms with Crippen LogP contribution in [0.2, 0.25) is 0 Å². The van der Waals surface area contributed by atoms with Crippen molar-refractivity contribution in [1.29, 1.82) is 5.26 Å². The van der Waals surface area contributed by atoms with Crippen LogP contribution in [0.25, 0.3) is 0 Å². The Morgan fingerprint density at radius 1 is 1.12 bits per heavy atom. The molecule has 170 valence electrons. The highest BCUT2D eigenvalue weighted by molar-refractivity contribution is 5.59. The third kappa shape index (κ3) is 4.64. The fourth-order valence-electron chi connectivity index (χ4n) is 5.24. The SMILES string of the molecule is Cc1cc(Nc2cc(NC3C[C@H]4CC[C@@H](C3)N4CCC#N)nc(N3CCOCC3)n2)n[nH]1. The maximum atomic E-state index is 8.98. The van der Waals surface area contributed by atoms with E-state index in [1.165, 1.54) is 12.8 Å². The lowest BCUT2D eigenvalue weighted by molar-refractivity contribution is 0.122. The van der Waals surface area contributed by atoms with Crippen molar-refractivity contribution in [3.05, 3.63) is 17.8 Å². The van der Waals surface area contributed by atoms with Crippen LogP contribution in [0.3, 0.4) is 0 Å². The number of aromatic nitrogens is 4. The summed E-state index contributed by atoms with van der Waals surface area (Å²) in [6.45, 7) is 5.81. The zero-order valence-electron chi connectivity index (χ0n) is 18.5. The molecule has 10 nitrogen and oxygen atoms in total. The molecule has 0 aliphatic carbocycles. The van der Waals surface area contributed by atoms with E-state index in [0.29, 0.717) is 43.7 Å². The Morgan fingerprint density at radius 2 is 1.88 bits per heavy atom. The van der Waals surface area contributed by atoms with Gasteiger partial charge in [-0.3, -0.25) is 10.00 Å². The fraction of sp³-hybridized carbons (Fsp3) is 0.636. The number of anilines is 4. The summed E-state index contributed by atoms with van der Waals surface area (Å²) in [7, 11) is 0. The van der Waals surface area contributed by atoms with Crippen LogP contribution in [0.5, 0.6) is 0 Å². The van der Waals surface area contributed by atoms with Crippen LogP contribution in [-0.2, 0) is 4.74 Å². The van der Waals surface area contributed by atoms with E-state index in [4.69, 9.17) is 20.0 Å². The molecule has 32 heavy (non-hydrogen) atoms. The van der Waals surface area contributed by atoms with Gasteiger partial charge in [-0.1, -0.05) is 0 Å². The molecule has 2 bridgehead atoms. The molecule has 3 atom stereocenters. The van der Waals surface area contributed by atoms with E-state index in [2.05, 4.69) is 36.7 Å². The molecule has 5 heterocycles. The van der Waals surface area contributed by atoms with Crippen LogP contribution in [0, 0.1) is 18.3 Å². The fourth-order valence-corrected chi connectivity index (χ4v) is 5.24. The first-order chi connectivity index (χ1) is 15.7. The molecular weight excluding hydrogens is 406 g/mol. The average molecular weight is 438 g/mol. The first kappa shape index (κ1) is 21.0. The molecule has 0 spiro atoms. The number of aromatic amines is 1. The van der Waals surface area contributed by atoms with Crippen molar-refractivity contribution in [3.63, 3.8) is 0 Å². The second-order valence-corrected chi connectivity index (χ2v) is 8.94. The van der Waals surface area contributed by atoms with Crippen LogP contribution < -0.4 is 15.5 Å². The van der Waals surface area contributed by atoms with E-state index in [0.717, 1.165) is 55.6 Å². The Hall–Kier alpha value is -2.90. The number of hydrogen-bond acceptors (Lipinski definition) is 9. The molecule has 5 rings (SSSR count). The van der Waals surface area contributed by atoms with Crippen molar-refractivity contribution in [1.82, 2.24) is 25.1 Å². The minimum Gasteiger partial charge on any atom is -0.378 e. The van der Waals surface area contributed by atoms with Gasteiger partial charge in [-0.05, 0) is 32.6 Å². The second kappa shape index (κ2) is 9.30. The molecule has 2 aromatic heterocycles. The summed E-state index contributed by atoms with van der Waals surface area (Å²) in [6.07, 6.45) is 5.23. The van der Waals surface area contributed by atoms with Gasteiger partial charge in [0.2, 0.25) is 5.95 Å². The Balaban J connectivity index is 1.33. The molecule has 3 fully saturated rings. The number of aryl methyl sites for hydroxylation is 1. The highest BCUT2D eigenvalue weighted by Crippen LogP contribution is 2.37. The standard InChI is InChI=1S/C22H31N9O/c1-15-11-21(29-28-15)25-20-14-19(26-22(27-20)30-7-9-32-10-8-30)24-16-12-17-3-4-18(13-16)31(17)6-2-5-23/h11,14,16-18H,2-4,6-10,12-13H2,1H3,(H3,24,25,26,27,28,29)/t16?,17-,18+. The van der Waals surface area contributed by atoms with Crippen LogP contribution in [0.4, 0.5) is 23.4 Å². The number of ether oxygens (including phenoxy) is 1. The number of hydrogen-bond donors (Lipinski definition) is 3. The summed E-state index contributed by atoms with van der Waals surface area (Å²) in [6, 6.07) is 7.72. The summed E-state index contributed by atoms with van der Waals surface area (Å²) in [5.74, 6) is 3.02. The Bertz CT molecular complexity index is 951. The Labute approximate surface area is 188 Å². The molecule has 3 aliphatic rings. The molecule has 10 heteroatoms. The molecule has 3 aliphatic heterocycles. The molecule has 0 saturated carbocycles. The van der Waals surface area contributed by atoms with Gasteiger partial charge in [0.25, 0.3) is 0 Å². The van der Waals surface area contributed by atoms with E-state index >= 15 is 0 Å². The second-order valence-electron chi connectivity index (χ2n) is 8.94. The summed E-state index contributed by atoms with van der Waals surface area (Å²) in [4.78, 5) is 14.3. The van der Waals surface area contributed by atoms with Gasteiger partial charge in [-0.2, -0.15) is 20.3 Å². The first-order valence-corrected chi connectivity index (χ1v) is 11.6. The quantitative estimate of drug-likeness (QED) is 0.600. The number of nitriles is 1. The lowest BCUT2D eigenvalue weighted by Crippen LogP contribution is -2.47. The number of H-pyrrole nitrogens is 1. The third-order valence-electron chi connectivity index (χ3n) is 6.69. The van der Waals surface area contributed by atoms with Crippen molar-refractivity contribution in [2.75, 3.05) is 48.4 Å². The van der Waals surface area contributed by atoms with E-state index in [1.54, 1.807) is 0 Å². The Kier molecular flexibility index (Phi) is 6.10. The predicted molar refractivity (Wildman–Crippen MR) is 122 cm³/mol. The lowest BCUT2D eigenvalue weighted by atomic mass is 9.97. The molecule has 3 N–H and O–H groups in total. The zero-order valence-corrected chi connectivity index (χ0v) is 18.5. The average Bonchev–Trinajstić information content (AvgIpc) is 3.31. The number of morpholine rings is 1. The molecule has 0 aromatic carbocycles. The molecular formula is C22H31N9O. The van der Waals surface area contributed by atoms with Crippen molar-refractivity contribution in [3.8, 4) is 6.07 Å². The summed E-state index contributed by atoms with van der Waals surface area (Å²) in [5, 5.41) is 23.2. The minimum atomic E-state index is 0.374. The zero-order chi connectivity index (χ0) is 21.9. The van der Waals surface area contributed by atoms with Gasteiger partial charge in [0.15, 0.2) is 5.82 Å². The van der Waals surface area contributed by atoms with Crippen LogP contribution in [0.15, 0.2) is 12.1 Å². The number of nitrogens with one attached hydrogen (secondary N) is 3. The van der Waals surface area contributed by atoms with E-state index in [1.807, 2.05) is 19.1 Å². The number of nitrogens with zero attached hydrogens (tertiary/aromatic N) is 6. The third-order valence-corrected chi connectivity index (χ3v) is 6.69. The normalized spacial score (nSPS) is 25.5. The lowest BCUT2D eigenvalue weighted by Gasteiger charge is -2.39. The summed E-state index contributed by atoms with van der Waals surface area (Å²) >= 11 is 0. The van der Waals surface area contributed by atoms with Crippen LogP contribution in [0.1, 0.15) is 37.8 Å². The predicted octanol–water partition coefficient (Wildman–Crippen LogP) is 2.41.